The van der Waals surface area contributed by atoms with Gasteiger partial charge in [-0.05, 0) is 44.9 Å². The normalized spacial score (nSPS) is 19.9. The maximum Gasteiger partial charge on any atom is 0.238 e. The summed E-state index contributed by atoms with van der Waals surface area (Å²) in [5, 5.41) is 3.83. The standard InChI is InChI=1S/C15H20Cl2N2O/c1-10-6-7-12(16)15(14(10)17)18-13(20)9-19-8-4-3-5-11(19)2/h6-7,11H,3-5,8-9H2,1-2H3,(H,18,20). The number of anilines is 1. The Bertz CT molecular complexity index is 505. The van der Waals surface area contributed by atoms with Crippen LogP contribution in [0.1, 0.15) is 31.7 Å². The number of benzene rings is 1. The zero-order chi connectivity index (χ0) is 14.7. The van der Waals surface area contributed by atoms with E-state index in [1.54, 1.807) is 6.07 Å². The van der Waals surface area contributed by atoms with Crippen LogP contribution in [0.3, 0.4) is 0 Å². The fourth-order valence-electron chi connectivity index (χ4n) is 2.53. The van der Waals surface area contributed by atoms with E-state index in [1.807, 2.05) is 13.0 Å². The van der Waals surface area contributed by atoms with E-state index < -0.39 is 0 Å². The lowest BCUT2D eigenvalue weighted by Gasteiger charge is -2.32. The van der Waals surface area contributed by atoms with Crippen LogP contribution in [0.5, 0.6) is 0 Å². The smallest absolute Gasteiger partial charge is 0.238 e. The summed E-state index contributed by atoms with van der Waals surface area (Å²) < 4.78 is 0. The van der Waals surface area contributed by atoms with Gasteiger partial charge in [0.05, 0.1) is 22.3 Å². The van der Waals surface area contributed by atoms with Gasteiger partial charge in [-0.25, -0.2) is 0 Å². The van der Waals surface area contributed by atoms with Crippen molar-refractivity contribution >= 4 is 34.8 Å². The molecule has 1 atom stereocenters. The van der Waals surface area contributed by atoms with Gasteiger partial charge in [0, 0.05) is 6.04 Å². The molecule has 1 amide bonds. The number of piperidine rings is 1. The average Bonchev–Trinajstić information content (AvgIpc) is 2.42. The van der Waals surface area contributed by atoms with Crippen molar-refractivity contribution in [3.8, 4) is 0 Å². The van der Waals surface area contributed by atoms with Crippen LogP contribution in [0.2, 0.25) is 10.0 Å². The zero-order valence-corrected chi connectivity index (χ0v) is 13.4. The molecule has 0 spiro atoms. The van der Waals surface area contributed by atoms with Gasteiger partial charge < -0.3 is 5.32 Å². The predicted molar refractivity (Wildman–Crippen MR) is 84.7 cm³/mol. The molecule has 1 aromatic rings. The largest absolute Gasteiger partial charge is 0.322 e. The first-order chi connectivity index (χ1) is 9.49. The van der Waals surface area contributed by atoms with Gasteiger partial charge in [-0.15, -0.1) is 0 Å². The number of carbonyl (C=O) groups is 1. The third kappa shape index (κ3) is 3.66. The van der Waals surface area contributed by atoms with Gasteiger partial charge in [0.1, 0.15) is 0 Å². The first kappa shape index (κ1) is 15.6. The Balaban J connectivity index is 2.03. The van der Waals surface area contributed by atoms with Gasteiger partial charge >= 0.3 is 0 Å². The van der Waals surface area contributed by atoms with Gasteiger partial charge in [-0.1, -0.05) is 35.7 Å². The van der Waals surface area contributed by atoms with Crippen LogP contribution < -0.4 is 5.32 Å². The fraction of sp³-hybridized carbons (Fsp3) is 0.533. The summed E-state index contributed by atoms with van der Waals surface area (Å²) in [4.78, 5) is 14.4. The van der Waals surface area contributed by atoms with E-state index >= 15 is 0 Å². The van der Waals surface area contributed by atoms with Crippen molar-refractivity contribution in [2.45, 2.75) is 39.2 Å². The number of aryl methyl sites for hydroxylation is 1. The number of nitrogens with one attached hydrogen (secondary N) is 1. The number of likely N-dealkylation sites (tertiary alicyclic amines) is 1. The van der Waals surface area contributed by atoms with E-state index in [9.17, 15) is 4.79 Å². The Morgan fingerprint density at radius 3 is 2.85 bits per heavy atom. The predicted octanol–water partition coefficient (Wildman–Crippen LogP) is 4.11. The van der Waals surface area contributed by atoms with Crippen molar-refractivity contribution in [2.75, 3.05) is 18.4 Å². The summed E-state index contributed by atoms with van der Waals surface area (Å²) in [6.45, 7) is 5.42. The summed E-state index contributed by atoms with van der Waals surface area (Å²) in [6.07, 6.45) is 3.55. The summed E-state index contributed by atoms with van der Waals surface area (Å²) >= 11 is 12.3. The minimum atomic E-state index is -0.0619. The van der Waals surface area contributed by atoms with Crippen LogP contribution in [0.15, 0.2) is 12.1 Å². The highest BCUT2D eigenvalue weighted by Gasteiger charge is 2.21. The highest BCUT2D eigenvalue weighted by molar-refractivity contribution is 6.40. The molecule has 0 aromatic heterocycles. The third-order valence-electron chi connectivity index (χ3n) is 3.84. The third-order valence-corrected chi connectivity index (χ3v) is 4.64. The van der Waals surface area contributed by atoms with Gasteiger partial charge in [0.2, 0.25) is 5.91 Å². The van der Waals surface area contributed by atoms with Crippen LogP contribution in [-0.4, -0.2) is 29.9 Å². The molecule has 1 aliphatic rings. The van der Waals surface area contributed by atoms with Gasteiger partial charge in [0.15, 0.2) is 0 Å². The highest BCUT2D eigenvalue weighted by atomic mass is 35.5. The number of hydrogen-bond donors (Lipinski definition) is 1. The van der Waals surface area contributed by atoms with E-state index in [2.05, 4.69) is 17.1 Å². The van der Waals surface area contributed by atoms with Crippen LogP contribution in [0, 0.1) is 6.92 Å². The van der Waals surface area contributed by atoms with E-state index in [-0.39, 0.29) is 5.91 Å². The lowest BCUT2D eigenvalue weighted by Crippen LogP contribution is -2.42. The molecule has 1 saturated heterocycles. The molecule has 1 unspecified atom stereocenters. The average molecular weight is 315 g/mol. The Hall–Kier alpha value is -0.770. The van der Waals surface area contributed by atoms with Gasteiger partial charge in [-0.3, -0.25) is 9.69 Å². The molecular weight excluding hydrogens is 295 g/mol. The second-order valence-corrected chi connectivity index (χ2v) is 6.20. The summed E-state index contributed by atoms with van der Waals surface area (Å²) in [5.41, 5.74) is 1.42. The topological polar surface area (TPSA) is 32.3 Å². The monoisotopic (exact) mass is 314 g/mol. The van der Waals surface area contributed by atoms with Crippen LogP contribution >= 0.6 is 23.2 Å². The number of hydrogen-bond acceptors (Lipinski definition) is 2. The molecule has 0 aliphatic carbocycles. The first-order valence-electron chi connectivity index (χ1n) is 6.97. The Labute approximate surface area is 130 Å². The zero-order valence-electron chi connectivity index (χ0n) is 11.9. The molecule has 1 heterocycles. The summed E-state index contributed by atoms with van der Waals surface area (Å²) in [6, 6.07) is 4.05. The SMILES string of the molecule is Cc1ccc(Cl)c(NC(=O)CN2CCCCC2C)c1Cl. The van der Waals surface area contributed by atoms with Gasteiger partial charge in [-0.2, -0.15) is 0 Å². The molecule has 1 aliphatic heterocycles. The van der Waals surface area contributed by atoms with Crippen molar-refractivity contribution < 1.29 is 4.79 Å². The minimum Gasteiger partial charge on any atom is -0.322 e. The highest BCUT2D eigenvalue weighted by Crippen LogP contribution is 2.32. The molecule has 0 bridgehead atoms. The fourth-order valence-corrected chi connectivity index (χ4v) is 2.99. The van der Waals surface area contributed by atoms with Gasteiger partial charge in [0.25, 0.3) is 0 Å². The van der Waals surface area contributed by atoms with Crippen molar-refractivity contribution in [3.63, 3.8) is 0 Å². The molecule has 5 heteroatoms. The number of nitrogens with zero attached hydrogens (tertiary/aromatic N) is 1. The molecule has 0 radical (unpaired) electrons. The maximum atomic E-state index is 12.2. The number of amides is 1. The van der Waals surface area contributed by atoms with Crippen molar-refractivity contribution in [1.82, 2.24) is 4.90 Å². The Morgan fingerprint density at radius 2 is 2.15 bits per heavy atom. The summed E-state index contributed by atoms with van der Waals surface area (Å²) in [7, 11) is 0. The molecule has 1 N–H and O–H groups in total. The lowest BCUT2D eigenvalue weighted by molar-refractivity contribution is -0.118. The van der Waals surface area contributed by atoms with Crippen LogP contribution in [-0.2, 0) is 4.79 Å². The Kier molecular flexibility index (Phi) is 5.30. The van der Waals surface area contributed by atoms with E-state index in [4.69, 9.17) is 23.2 Å². The van der Waals surface area contributed by atoms with Crippen LogP contribution in [0.25, 0.3) is 0 Å². The lowest BCUT2D eigenvalue weighted by atomic mass is 10.0. The molecule has 20 heavy (non-hydrogen) atoms. The van der Waals surface area contributed by atoms with E-state index in [1.165, 1.54) is 6.42 Å². The minimum absolute atomic E-state index is 0.0619. The molecule has 1 fully saturated rings. The Morgan fingerprint density at radius 1 is 1.40 bits per heavy atom. The van der Waals surface area contributed by atoms with Crippen molar-refractivity contribution in [1.29, 1.82) is 0 Å². The molecule has 3 nitrogen and oxygen atoms in total. The number of carbonyl (C=O) groups excluding carboxylic acids is 1. The maximum absolute atomic E-state index is 12.2. The quantitative estimate of drug-likeness (QED) is 0.910. The second kappa shape index (κ2) is 6.79. The molecule has 1 aromatic carbocycles. The molecule has 2 rings (SSSR count). The molecule has 0 saturated carbocycles. The van der Waals surface area contributed by atoms with Crippen molar-refractivity contribution in [3.05, 3.63) is 27.7 Å². The number of halogens is 2. The molecular formula is C15H20Cl2N2O. The van der Waals surface area contributed by atoms with Crippen molar-refractivity contribution in [2.24, 2.45) is 0 Å². The second-order valence-electron chi connectivity index (χ2n) is 5.42. The summed E-state index contributed by atoms with van der Waals surface area (Å²) in [5.74, 6) is -0.0619. The van der Waals surface area contributed by atoms with E-state index in [0.717, 1.165) is 24.9 Å². The molecule has 110 valence electrons. The van der Waals surface area contributed by atoms with E-state index in [0.29, 0.717) is 28.3 Å². The number of rotatable bonds is 3. The van der Waals surface area contributed by atoms with Crippen LogP contribution in [0.4, 0.5) is 5.69 Å². The first-order valence-corrected chi connectivity index (χ1v) is 7.73.